The molecule has 7 heteroatoms. The average molecular weight is 396 g/mol. The van der Waals surface area contributed by atoms with E-state index in [2.05, 4.69) is 5.32 Å². The lowest BCUT2D eigenvalue weighted by atomic mass is 9.77. The van der Waals surface area contributed by atoms with Gasteiger partial charge in [-0.1, -0.05) is 48.5 Å². The van der Waals surface area contributed by atoms with E-state index in [0.717, 1.165) is 5.56 Å². The summed E-state index contributed by atoms with van der Waals surface area (Å²) in [6, 6.07) is 17.0. The number of nitrogens with one attached hydrogen (secondary N) is 1. The summed E-state index contributed by atoms with van der Waals surface area (Å²) in [5.41, 5.74) is -0.827. The number of carbonyl (C=O) groups excluding carboxylic acids is 2. The number of hydrogen-bond acceptors (Lipinski definition) is 5. The smallest absolute Gasteiger partial charge is 0.336 e. The van der Waals surface area contributed by atoms with Crippen LogP contribution in [0.25, 0.3) is 0 Å². The molecular weight excluding hydrogens is 376 g/mol. The minimum absolute atomic E-state index is 0.000247. The number of para-hydroxylation sites is 1. The number of fused-ring (bicyclic) bond motifs is 2. The molecule has 1 spiro atoms. The highest BCUT2D eigenvalue weighted by atomic mass is 32.1. The Labute approximate surface area is 168 Å². The first-order valence-electron chi connectivity index (χ1n) is 9.08. The van der Waals surface area contributed by atoms with Crippen molar-refractivity contribution in [3.8, 4) is 0 Å². The van der Waals surface area contributed by atoms with Crippen molar-refractivity contribution in [2.45, 2.75) is 31.5 Å². The fraction of sp³-hybridized carbons (Fsp3) is 0.286. The van der Waals surface area contributed by atoms with Crippen LogP contribution >= 0.6 is 12.2 Å². The summed E-state index contributed by atoms with van der Waals surface area (Å²) in [5, 5.41) is 2.89. The molecule has 0 bridgehead atoms. The minimum Gasteiger partial charge on any atom is -0.464 e. The normalized spacial score (nSPS) is 25.4. The molecule has 0 aliphatic carbocycles. The third kappa shape index (κ3) is 2.43. The third-order valence-corrected chi connectivity index (χ3v) is 5.48. The molecule has 6 nitrogen and oxygen atoms in total. The maximum Gasteiger partial charge on any atom is 0.336 e. The Hall–Kier alpha value is -2.93. The maximum atomic E-state index is 13.8. The van der Waals surface area contributed by atoms with Crippen LogP contribution in [0, 0.1) is 0 Å². The topological polar surface area (TPSA) is 67.9 Å². The van der Waals surface area contributed by atoms with Crippen LogP contribution in [0.3, 0.4) is 0 Å². The molecule has 1 amide bonds. The molecule has 1 fully saturated rings. The quantitative estimate of drug-likeness (QED) is 0.633. The van der Waals surface area contributed by atoms with Crippen LogP contribution in [0.15, 0.2) is 54.6 Å². The Morgan fingerprint density at radius 3 is 2.57 bits per heavy atom. The predicted octanol–water partition coefficient (Wildman–Crippen LogP) is 2.66. The van der Waals surface area contributed by atoms with Crippen LogP contribution in [0.4, 0.5) is 5.69 Å². The molecule has 4 rings (SSSR count). The summed E-state index contributed by atoms with van der Waals surface area (Å²) >= 11 is 5.22. The Balaban J connectivity index is 1.86. The number of thiocarbonyl (C=S) groups is 1. The van der Waals surface area contributed by atoms with E-state index in [1.165, 1.54) is 0 Å². The van der Waals surface area contributed by atoms with Gasteiger partial charge in [-0.3, -0.25) is 4.79 Å². The van der Waals surface area contributed by atoms with Gasteiger partial charge in [0, 0.05) is 5.56 Å². The van der Waals surface area contributed by atoms with Gasteiger partial charge in [-0.15, -0.1) is 0 Å². The van der Waals surface area contributed by atoms with E-state index in [-0.39, 0.29) is 17.7 Å². The number of hydrogen-bond donors (Lipinski definition) is 1. The van der Waals surface area contributed by atoms with E-state index in [4.69, 9.17) is 21.7 Å². The van der Waals surface area contributed by atoms with E-state index in [9.17, 15) is 9.59 Å². The molecule has 2 heterocycles. The van der Waals surface area contributed by atoms with Gasteiger partial charge in [0.1, 0.15) is 0 Å². The zero-order valence-corrected chi connectivity index (χ0v) is 16.4. The van der Waals surface area contributed by atoms with E-state index in [0.29, 0.717) is 17.8 Å². The van der Waals surface area contributed by atoms with E-state index >= 15 is 0 Å². The molecule has 0 radical (unpaired) electrons. The van der Waals surface area contributed by atoms with Crippen molar-refractivity contribution in [2.75, 3.05) is 11.5 Å². The standard InChI is InChI=1S/C21H20N2O4S/c1-3-26-18(25)20(2)21(27-19(28)22-20)15-11-7-8-12-16(15)23(17(21)24)13-14-9-5-4-6-10-14/h4-12H,3,13H2,1-2H3,(H,22,28)/t20-,21+/m0/s1. The van der Waals surface area contributed by atoms with E-state index in [1.54, 1.807) is 24.8 Å². The molecule has 0 aromatic heterocycles. The first kappa shape index (κ1) is 18.4. The summed E-state index contributed by atoms with van der Waals surface area (Å²) < 4.78 is 11.2. The highest BCUT2D eigenvalue weighted by Gasteiger charge is 2.72. The second-order valence-electron chi connectivity index (χ2n) is 6.94. The van der Waals surface area contributed by atoms with Gasteiger partial charge >= 0.3 is 5.97 Å². The van der Waals surface area contributed by atoms with Crippen molar-refractivity contribution in [2.24, 2.45) is 0 Å². The first-order chi connectivity index (χ1) is 13.4. The fourth-order valence-corrected chi connectivity index (χ4v) is 4.28. The molecule has 2 aromatic rings. The van der Waals surface area contributed by atoms with E-state index in [1.807, 2.05) is 48.5 Å². The van der Waals surface area contributed by atoms with Crippen molar-refractivity contribution in [1.29, 1.82) is 0 Å². The summed E-state index contributed by atoms with van der Waals surface area (Å²) in [4.78, 5) is 28.3. The van der Waals surface area contributed by atoms with Crippen LogP contribution in [-0.2, 0) is 31.2 Å². The van der Waals surface area contributed by atoms with Crippen molar-refractivity contribution in [3.05, 3.63) is 65.7 Å². The molecule has 0 unspecified atom stereocenters. The molecule has 0 saturated carbocycles. The summed E-state index contributed by atoms with van der Waals surface area (Å²) in [7, 11) is 0. The minimum atomic E-state index is -1.61. The SMILES string of the molecule is CCOC(=O)[C@]1(C)NC(=S)O[C@]12C(=O)N(Cc1ccccc1)c1ccccc12. The highest BCUT2D eigenvalue weighted by Crippen LogP contribution is 2.52. The molecule has 2 aliphatic heterocycles. The molecule has 28 heavy (non-hydrogen) atoms. The second-order valence-corrected chi connectivity index (χ2v) is 7.31. The number of esters is 1. The molecule has 1 saturated heterocycles. The summed E-state index contributed by atoms with van der Waals surface area (Å²) in [5.74, 6) is -0.931. The first-order valence-corrected chi connectivity index (χ1v) is 9.48. The Kier molecular flexibility index (Phi) is 4.34. The van der Waals surface area contributed by atoms with Gasteiger partial charge in [0.25, 0.3) is 11.1 Å². The fourth-order valence-electron chi connectivity index (χ4n) is 3.96. The zero-order valence-electron chi connectivity index (χ0n) is 15.6. The molecule has 1 N–H and O–H groups in total. The molecule has 2 aliphatic rings. The van der Waals surface area contributed by atoms with Gasteiger partial charge in [0.15, 0.2) is 5.54 Å². The number of amides is 1. The number of anilines is 1. The lowest BCUT2D eigenvalue weighted by molar-refractivity contribution is -0.162. The van der Waals surface area contributed by atoms with Gasteiger partial charge in [-0.25, -0.2) is 4.79 Å². The largest absolute Gasteiger partial charge is 0.464 e. The van der Waals surface area contributed by atoms with E-state index < -0.39 is 17.1 Å². The Morgan fingerprint density at radius 2 is 1.86 bits per heavy atom. The van der Waals surface area contributed by atoms with Crippen molar-refractivity contribution in [1.82, 2.24) is 5.32 Å². The van der Waals surface area contributed by atoms with Gasteiger partial charge in [0.05, 0.1) is 18.8 Å². The van der Waals surface area contributed by atoms with Gasteiger partial charge in [0.2, 0.25) is 5.60 Å². The predicted molar refractivity (Wildman–Crippen MR) is 108 cm³/mol. The van der Waals surface area contributed by atoms with Crippen molar-refractivity contribution >= 4 is 35.0 Å². The average Bonchev–Trinajstić information content (AvgIpc) is 3.10. The van der Waals surface area contributed by atoms with Crippen LogP contribution in [0.5, 0.6) is 0 Å². The second kappa shape index (κ2) is 6.60. The van der Waals surface area contributed by atoms with Crippen LogP contribution in [0.2, 0.25) is 0 Å². The maximum absolute atomic E-state index is 13.8. The Morgan fingerprint density at radius 1 is 1.18 bits per heavy atom. The summed E-state index contributed by atoms with van der Waals surface area (Å²) in [6.07, 6.45) is 0. The number of carbonyl (C=O) groups is 2. The molecule has 2 atom stereocenters. The number of benzene rings is 2. The van der Waals surface area contributed by atoms with Gasteiger partial charge < -0.3 is 19.7 Å². The van der Waals surface area contributed by atoms with Gasteiger partial charge in [-0.2, -0.15) is 0 Å². The lowest BCUT2D eigenvalue weighted by Gasteiger charge is -2.34. The Bertz CT molecular complexity index is 964. The van der Waals surface area contributed by atoms with Crippen molar-refractivity contribution in [3.63, 3.8) is 0 Å². The van der Waals surface area contributed by atoms with Crippen LogP contribution in [-0.4, -0.2) is 29.2 Å². The summed E-state index contributed by atoms with van der Waals surface area (Å²) in [6.45, 7) is 3.86. The highest BCUT2D eigenvalue weighted by molar-refractivity contribution is 7.80. The van der Waals surface area contributed by atoms with Gasteiger partial charge in [-0.05, 0) is 37.7 Å². The number of ether oxygens (including phenoxy) is 2. The molecule has 144 valence electrons. The van der Waals surface area contributed by atoms with Crippen LogP contribution in [0.1, 0.15) is 25.0 Å². The third-order valence-electron chi connectivity index (χ3n) is 5.29. The monoisotopic (exact) mass is 396 g/mol. The number of rotatable bonds is 4. The molecule has 2 aromatic carbocycles. The zero-order chi connectivity index (χ0) is 19.9. The van der Waals surface area contributed by atoms with Crippen LogP contribution < -0.4 is 10.2 Å². The molecular formula is C21H20N2O4S. The number of nitrogens with zero attached hydrogens (tertiary/aromatic N) is 1. The lowest BCUT2D eigenvalue weighted by Crippen LogP contribution is -2.62. The van der Waals surface area contributed by atoms with Crippen molar-refractivity contribution < 1.29 is 19.1 Å².